The highest BCUT2D eigenvalue weighted by atomic mass is 16.2. The first kappa shape index (κ1) is 18.6. The van der Waals surface area contributed by atoms with E-state index in [9.17, 15) is 10.1 Å². The highest BCUT2D eigenvalue weighted by Crippen LogP contribution is 2.30. The molecule has 1 amide bonds. The van der Waals surface area contributed by atoms with Gasteiger partial charge in [-0.3, -0.25) is 15.1 Å². The Morgan fingerprint density at radius 2 is 2.15 bits per heavy atom. The lowest BCUT2D eigenvalue weighted by Crippen LogP contribution is -2.46. The second-order valence-corrected chi connectivity index (χ2v) is 6.98. The van der Waals surface area contributed by atoms with Crippen LogP contribution in [0.15, 0.2) is 29.3 Å². The van der Waals surface area contributed by atoms with Gasteiger partial charge in [0.2, 0.25) is 5.91 Å². The van der Waals surface area contributed by atoms with E-state index in [2.05, 4.69) is 32.7 Å². The summed E-state index contributed by atoms with van der Waals surface area (Å²) in [6.07, 6.45) is 5.64. The minimum absolute atomic E-state index is 0.0722. The van der Waals surface area contributed by atoms with Crippen LogP contribution in [-0.4, -0.2) is 55.9 Å². The summed E-state index contributed by atoms with van der Waals surface area (Å²) in [4.78, 5) is 18.6. The lowest BCUT2D eigenvalue weighted by Gasteiger charge is -2.32. The van der Waals surface area contributed by atoms with Crippen LogP contribution in [0.2, 0.25) is 0 Å². The maximum atomic E-state index is 12.0. The van der Waals surface area contributed by atoms with Crippen molar-refractivity contribution >= 4 is 12.1 Å². The van der Waals surface area contributed by atoms with Gasteiger partial charge in [0.25, 0.3) is 0 Å². The average molecular weight is 353 g/mol. The number of rotatable bonds is 6. The van der Waals surface area contributed by atoms with Crippen molar-refractivity contribution in [2.45, 2.75) is 37.6 Å². The summed E-state index contributed by atoms with van der Waals surface area (Å²) < 4.78 is 0. The molecule has 1 aromatic rings. The van der Waals surface area contributed by atoms with Gasteiger partial charge < -0.3 is 10.2 Å². The van der Waals surface area contributed by atoms with Crippen molar-refractivity contribution in [2.24, 2.45) is 4.99 Å². The minimum atomic E-state index is -0.136. The predicted octanol–water partition coefficient (Wildman–Crippen LogP) is 1.63. The van der Waals surface area contributed by atoms with Crippen LogP contribution < -0.4 is 10.6 Å². The predicted molar refractivity (Wildman–Crippen MR) is 102 cm³/mol. The Balaban J connectivity index is 1.35. The average Bonchev–Trinajstić information content (AvgIpc) is 2.72. The summed E-state index contributed by atoms with van der Waals surface area (Å²) in [5.41, 5.74) is 2.01. The molecule has 0 radical (unpaired) electrons. The molecule has 2 heterocycles. The van der Waals surface area contributed by atoms with Gasteiger partial charge in [-0.2, -0.15) is 5.26 Å². The van der Waals surface area contributed by atoms with E-state index in [-0.39, 0.29) is 11.9 Å². The number of piperidine rings is 1. The third-order valence-electron chi connectivity index (χ3n) is 5.27. The van der Waals surface area contributed by atoms with Crippen molar-refractivity contribution in [3.63, 3.8) is 0 Å². The van der Waals surface area contributed by atoms with Gasteiger partial charge in [-0.25, -0.2) is 0 Å². The topological polar surface area (TPSA) is 80.5 Å². The Morgan fingerprint density at radius 3 is 2.88 bits per heavy atom. The van der Waals surface area contributed by atoms with Crippen LogP contribution in [0.5, 0.6) is 0 Å². The summed E-state index contributed by atoms with van der Waals surface area (Å²) in [6, 6.07) is 10.1. The Morgan fingerprint density at radius 1 is 1.35 bits per heavy atom. The number of hydrogen-bond donors (Lipinski definition) is 2. The zero-order valence-corrected chi connectivity index (χ0v) is 15.2. The fourth-order valence-corrected chi connectivity index (χ4v) is 3.75. The third kappa shape index (κ3) is 4.90. The first-order valence-corrected chi connectivity index (χ1v) is 9.48. The van der Waals surface area contributed by atoms with Gasteiger partial charge in [-0.05, 0) is 56.4 Å². The molecule has 2 aliphatic heterocycles. The standard InChI is InChI=1S/C20H27N5O/c21-14-17-4-1-2-5-18(17)16-7-12-25(13-8-16)11-3-9-23-20(26)19-6-10-22-15-24-19/h1-2,4-5,10,16,19,24H,3,6-9,11-13,15H2,(H,23,26). The Kier molecular flexibility index (Phi) is 6.75. The van der Waals surface area contributed by atoms with Gasteiger partial charge in [-0.15, -0.1) is 0 Å². The summed E-state index contributed by atoms with van der Waals surface area (Å²) in [5, 5.41) is 15.4. The molecule has 1 unspecified atom stereocenters. The van der Waals surface area contributed by atoms with Crippen LogP contribution in [0, 0.1) is 11.3 Å². The number of carbonyl (C=O) groups excluding carboxylic acids is 1. The highest BCUT2D eigenvalue weighted by Gasteiger charge is 2.22. The van der Waals surface area contributed by atoms with Crippen molar-refractivity contribution in [2.75, 3.05) is 32.8 Å². The zero-order valence-electron chi connectivity index (χ0n) is 15.2. The molecular weight excluding hydrogens is 326 g/mol. The number of benzene rings is 1. The van der Waals surface area contributed by atoms with E-state index < -0.39 is 0 Å². The van der Waals surface area contributed by atoms with E-state index in [0.717, 1.165) is 44.5 Å². The molecule has 2 aliphatic rings. The minimum Gasteiger partial charge on any atom is -0.355 e. The van der Waals surface area contributed by atoms with Crippen molar-refractivity contribution in [3.05, 3.63) is 35.4 Å². The van der Waals surface area contributed by atoms with Gasteiger partial charge in [-0.1, -0.05) is 18.2 Å². The number of carbonyl (C=O) groups is 1. The highest BCUT2D eigenvalue weighted by molar-refractivity contribution is 5.85. The number of amides is 1. The molecule has 2 N–H and O–H groups in total. The molecule has 6 heteroatoms. The van der Waals surface area contributed by atoms with Crippen LogP contribution >= 0.6 is 0 Å². The lowest BCUT2D eigenvalue weighted by atomic mass is 9.87. The summed E-state index contributed by atoms with van der Waals surface area (Å²) in [6.45, 7) is 4.36. The number of nitrogens with zero attached hydrogens (tertiary/aromatic N) is 3. The molecule has 26 heavy (non-hydrogen) atoms. The second-order valence-electron chi connectivity index (χ2n) is 6.98. The Hall–Kier alpha value is -2.23. The fraction of sp³-hybridized carbons (Fsp3) is 0.550. The molecule has 1 aromatic carbocycles. The molecular formula is C20H27N5O. The molecule has 138 valence electrons. The smallest absolute Gasteiger partial charge is 0.237 e. The summed E-state index contributed by atoms with van der Waals surface area (Å²) in [7, 11) is 0. The van der Waals surface area contributed by atoms with Crippen LogP contribution in [0.25, 0.3) is 0 Å². The molecule has 0 aromatic heterocycles. The monoisotopic (exact) mass is 353 g/mol. The van der Waals surface area contributed by atoms with E-state index in [1.807, 2.05) is 24.4 Å². The maximum Gasteiger partial charge on any atom is 0.237 e. The van der Waals surface area contributed by atoms with Gasteiger partial charge in [0, 0.05) is 19.2 Å². The van der Waals surface area contributed by atoms with E-state index in [1.54, 1.807) is 0 Å². The quantitative estimate of drug-likeness (QED) is 0.762. The molecule has 0 saturated carbocycles. The normalized spacial score (nSPS) is 21.3. The first-order chi connectivity index (χ1) is 12.8. The van der Waals surface area contributed by atoms with Crippen molar-refractivity contribution in [1.82, 2.24) is 15.5 Å². The van der Waals surface area contributed by atoms with E-state index in [1.165, 1.54) is 5.56 Å². The number of nitriles is 1. The summed E-state index contributed by atoms with van der Waals surface area (Å²) >= 11 is 0. The van der Waals surface area contributed by atoms with Gasteiger partial charge >= 0.3 is 0 Å². The Labute approximate surface area is 155 Å². The van der Waals surface area contributed by atoms with Crippen LogP contribution in [0.3, 0.4) is 0 Å². The van der Waals surface area contributed by atoms with E-state index in [4.69, 9.17) is 0 Å². The van der Waals surface area contributed by atoms with Crippen molar-refractivity contribution in [1.29, 1.82) is 5.26 Å². The lowest BCUT2D eigenvalue weighted by molar-refractivity contribution is -0.123. The largest absolute Gasteiger partial charge is 0.355 e. The van der Waals surface area contributed by atoms with Crippen LogP contribution in [0.4, 0.5) is 0 Å². The maximum absolute atomic E-state index is 12.0. The van der Waals surface area contributed by atoms with Crippen molar-refractivity contribution < 1.29 is 4.79 Å². The number of nitrogens with one attached hydrogen (secondary N) is 2. The molecule has 0 aliphatic carbocycles. The molecule has 3 rings (SSSR count). The van der Waals surface area contributed by atoms with Crippen LogP contribution in [-0.2, 0) is 4.79 Å². The van der Waals surface area contributed by atoms with Crippen molar-refractivity contribution in [3.8, 4) is 6.07 Å². The molecule has 0 spiro atoms. The van der Waals surface area contributed by atoms with E-state index in [0.29, 0.717) is 25.6 Å². The SMILES string of the molecule is N#Cc1ccccc1C1CCN(CCCNC(=O)C2CC=NCN2)CC1. The zero-order chi connectivity index (χ0) is 18.2. The van der Waals surface area contributed by atoms with Gasteiger partial charge in [0.05, 0.1) is 24.3 Å². The number of likely N-dealkylation sites (tertiary alicyclic amines) is 1. The molecule has 0 bridgehead atoms. The Bertz CT molecular complexity index is 673. The van der Waals surface area contributed by atoms with Gasteiger partial charge in [0.1, 0.15) is 0 Å². The molecule has 1 saturated heterocycles. The summed E-state index contributed by atoms with van der Waals surface area (Å²) in [5.74, 6) is 0.559. The first-order valence-electron chi connectivity index (χ1n) is 9.48. The van der Waals surface area contributed by atoms with Crippen LogP contribution in [0.1, 0.15) is 42.7 Å². The van der Waals surface area contributed by atoms with Gasteiger partial charge in [0.15, 0.2) is 0 Å². The molecule has 6 nitrogen and oxygen atoms in total. The number of aliphatic imine (C=N–C) groups is 1. The number of hydrogen-bond acceptors (Lipinski definition) is 5. The molecule has 1 fully saturated rings. The third-order valence-corrected chi connectivity index (χ3v) is 5.27. The van der Waals surface area contributed by atoms with E-state index >= 15 is 0 Å². The second kappa shape index (κ2) is 9.46. The fourth-order valence-electron chi connectivity index (χ4n) is 3.75. The molecule has 1 atom stereocenters.